The highest BCUT2D eigenvalue weighted by molar-refractivity contribution is 6.31. The molecule has 0 bridgehead atoms. The molecule has 9 atom stereocenters. The van der Waals surface area contributed by atoms with Gasteiger partial charge in [-0.1, -0.05) is 133 Å². The molecule has 2 aliphatic rings. The summed E-state index contributed by atoms with van der Waals surface area (Å²) in [5, 5.41) is 27.5. The van der Waals surface area contributed by atoms with Crippen molar-refractivity contribution in [2.24, 2.45) is 5.92 Å². The lowest BCUT2D eigenvalue weighted by atomic mass is 9.82. The second kappa shape index (κ2) is 25.4. The van der Waals surface area contributed by atoms with Crippen LogP contribution in [0.25, 0.3) is 11.1 Å². The number of benzene rings is 6. The summed E-state index contributed by atoms with van der Waals surface area (Å²) >= 11 is 6.81. The third kappa shape index (κ3) is 13.7. The second-order valence-electron chi connectivity index (χ2n) is 17.7. The fourth-order valence-corrected chi connectivity index (χ4v) is 9.46. The number of nitrogens with one attached hydrogen (secondary N) is 2. The second-order valence-corrected chi connectivity index (χ2v) is 18.2. The highest BCUT2D eigenvalue weighted by Crippen LogP contribution is 2.40. The van der Waals surface area contributed by atoms with Crippen LogP contribution >= 0.6 is 11.6 Å². The first-order valence-electron chi connectivity index (χ1n) is 23.9. The molecule has 6 aromatic carbocycles. The van der Waals surface area contributed by atoms with E-state index in [1.807, 2.05) is 121 Å². The predicted octanol–water partition coefficient (Wildman–Crippen LogP) is 8.32. The number of aliphatic hydroxyl groups excluding tert-OH is 2. The van der Waals surface area contributed by atoms with E-state index in [2.05, 4.69) is 10.6 Å². The Morgan fingerprint density at radius 1 is 0.549 bits per heavy atom. The third-order valence-corrected chi connectivity index (χ3v) is 13.0. The SMILES string of the molecule is CNC(=O)c1cc(C(=O)NC)cc(-c2cc(Cl)cc(O[C@H]3OC(CO)CC(C[C@H]4OC(CO)[C@@H](OCc5ccccc5)C(OCc5ccccc5)C4OCc4ccccc4)C3OCc3ccccc3)c2)c1. The Kier molecular flexibility index (Phi) is 18.4. The molecule has 4 N–H and O–H groups in total. The molecule has 0 aromatic heterocycles. The average molecular weight is 986 g/mol. The van der Waals surface area contributed by atoms with E-state index in [4.69, 9.17) is 44.8 Å². The Balaban J connectivity index is 1.15. The Morgan fingerprint density at radius 3 is 1.46 bits per heavy atom. The zero-order valence-corrected chi connectivity index (χ0v) is 40.6. The van der Waals surface area contributed by atoms with Crippen LogP contribution in [-0.2, 0) is 54.8 Å². The first-order chi connectivity index (χ1) is 34.7. The van der Waals surface area contributed by atoms with Crippen molar-refractivity contribution >= 4 is 23.4 Å². The number of hydrogen-bond donors (Lipinski definition) is 4. The maximum absolute atomic E-state index is 12.9. The van der Waals surface area contributed by atoms with E-state index in [0.717, 1.165) is 22.3 Å². The highest BCUT2D eigenvalue weighted by Gasteiger charge is 2.51. The molecule has 6 unspecified atom stereocenters. The molecule has 14 heteroatoms. The van der Waals surface area contributed by atoms with Gasteiger partial charge in [0.15, 0.2) is 0 Å². The van der Waals surface area contributed by atoms with E-state index in [9.17, 15) is 19.8 Å². The minimum Gasteiger partial charge on any atom is -0.462 e. The number of carbonyl (C=O) groups excluding carboxylic acids is 2. The van der Waals surface area contributed by atoms with Crippen molar-refractivity contribution < 1.29 is 53.0 Å². The zero-order valence-electron chi connectivity index (χ0n) is 39.8. The van der Waals surface area contributed by atoms with E-state index in [1.54, 1.807) is 30.3 Å². The van der Waals surface area contributed by atoms with Gasteiger partial charge in [0, 0.05) is 30.2 Å². The molecule has 372 valence electrons. The zero-order chi connectivity index (χ0) is 49.5. The van der Waals surface area contributed by atoms with Gasteiger partial charge in [0.1, 0.15) is 36.3 Å². The molecule has 0 saturated carbocycles. The normalized spacial score (nSPS) is 23.1. The molecule has 2 amide bonds. The summed E-state index contributed by atoms with van der Waals surface area (Å²) in [6.07, 6.45) is -5.46. The number of carbonyl (C=O) groups is 2. The number of amides is 2. The van der Waals surface area contributed by atoms with Crippen LogP contribution in [0.1, 0.15) is 55.8 Å². The van der Waals surface area contributed by atoms with Crippen LogP contribution in [-0.4, -0.2) is 98.4 Å². The summed E-state index contributed by atoms with van der Waals surface area (Å²) in [6.45, 7) is 0.286. The molecule has 13 nitrogen and oxygen atoms in total. The fraction of sp³-hybridized carbons (Fsp3) is 0.333. The molecular weight excluding hydrogens is 924 g/mol. The van der Waals surface area contributed by atoms with Crippen molar-refractivity contribution in [2.45, 2.75) is 88.3 Å². The highest BCUT2D eigenvalue weighted by atomic mass is 35.5. The van der Waals surface area contributed by atoms with Gasteiger partial charge in [-0.3, -0.25) is 9.59 Å². The fourth-order valence-electron chi connectivity index (χ4n) is 9.24. The van der Waals surface area contributed by atoms with Gasteiger partial charge < -0.3 is 54.0 Å². The summed E-state index contributed by atoms with van der Waals surface area (Å²) < 4.78 is 47.6. The first-order valence-corrected chi connectivity index (χ1v) is 24.3. The monoisotopic (exact) mass is 984 g/mol. The third-order valence-electron chi connectivity index (χ3n) is 12.8. The van der Waals surface area contributed by atoms with Gasteiger partial charge in [-0.25, -0.2) is 0 Å². The Hall–Kier alpha value is -5.97. The van der Waals surface area contributed by atoms with Crippen LogP contribution < -0.4 is 15.4 Å². The molecule has 0 spiro atoms. The predicted molar refractivity (Wildman–Crippen MR) is 269 cm³/mol. The first kappa shape index (κ1) is 51.4. The Bertz CT molecular complexity index is 2580. The molecule has 0 radical (unpaired) electrons. The van der Waals surface area contributed by atoms with Gasteiger partial charge in [0.05, 0.1) is 51.8 Å². The average Bonchev–Trinajstić information content (AvgIpc) is 3.41. The lowest BCUT2D eigenvalue weighted by molar-refractivity contribution is -0.283. The van der Waals surface area contributed by atoms with E-state index < -0.39 is 49.0 Å². The van der Waals surface area contributed by atoms with Crippen LogP contribution in [0, 0.1) is 5.92 Å². The number of hydrogen-bond acceptors (Lipinski definition) is 11. The summed E-state index contributed by atoms with van der Waals surface area (Å²) in [4.78, 5) is 25.7. The topological polar surface area (TPSA) is 163 Å². The summed E-state index contributed by atoms with van der Waals surface area (Å²) in [5.41, 5.74) is 5.48. The maximum Gasteiger partial charge on any atom is 0.251 e. The molecule has 6 aromatic rings. The number of halogens is 1. The number of ether oxygens (including phenoxy) is 7. The number of aliphatic hydroxyl groups is 2. The lowest BCUT2D eigenvalue weighted by Crippen LogP contribution is -2.62. The molecular formula is C57H61ClN2O11. The van der Waals surface area contributed by atoms with Gasteiger partial charge in [0.25, 0.3) is 11.8 Å². The van der Waals surface area contributed by atoms with E-state index in [0.29, 0.717) is 34.7 Å². The molecule has 0 aliphatic carbocycles. The van der Waals surface area contributed by atoms with Crippen molar-refractivity contribution in [1.82, 2.24) is 10.6 Å². The minimum absolute atomic E-state index is 0.210. The minimum atomic E-state index is -1.08. The van der Waals surface area contributed by atoms with Gasteiger partial charge in [0.2, 0.25) is 6.29 Å². The van der Waals surface area contributed by atoms with Crippen LogP contribution in [0.4, 0.5) is 0 Å². The quantitative estimate of drug-likeness (QED) is 0.0549. The van der Waals surface area contributed by atoms with Crippen molar-refractivity contribution in [3.05, 3.63) is 196 Å². The molecule has 2 aliphatic heterocycles. The molecule has 2 saturated heterocycles. The largest absolute Gasteiger partial charge is 0.462 e. The molecule has 71 heavy (non-hydrogen) atoms. The van der Waals surface area contributed by atoms with Crippen LogP contribution in [0.15, 0.2) is 158 Å². The van der Waals surface area contributed by atoms with E-state index in [1.165, 1.54) is 20.2 Å². The standard InChI is InChI=1S/C57H61ClN2O11/c1-59-55(63)44-23-41(24-45(25-44)56(64)60-2)42-26-46(58)30-47(27-42)69-57-51(65-33-37-15-7-3-8-16-37)43(28-48(31-61)70-57)29-49-52(66-34-38-17-9-4-10-18-38)54(68-36-40-21-13-6-14-22-40)53(50(32-62)71-49)67-35-39-19-11-5-12-20-39/h3-27,30,43,48-54,57,61-62H,28-29,31-36H2,1-2H3,(H,59,63)(H,60,64)/t43?,48?,49-,50?,51?,52?,53-,54?,57+/m1/s1. The summed E-state index contributed by atoms with van der Waals surface area (Å²) in [7, 11) is 3.04. The van der Waals surface area contributed by atoms with E-state index >= 15 is 0 Å². The number of rotatable bonds is 21. The molecule has 8 rings (SSSR count). The maximum atomic E-state index is 12.9. The van der Waals surface area contributed by atoms with Gasteiger partial charge in [-0.15, -0.1) is 0 Å². The molecule has 2 heterocycles. The van der Waals surface area contributed by atoms with Crippen LogP contribution in [0.2, 0.25) is 5.02 Å². The Labute approximate surface area is 419 Å². The van der Waals surface area contributed by atoms with Gasteiger partial charge in [-0.2, -0.15) is 0 Å². The lowest BCUT2D eigenvalue weighted by Gasteiger charge is -2.48. The van der Waals surface area contributed by atoms with Crippen LogP contribution in [0.3, 0.4) is 0 Å². The summed E-state index contributed by atoms with van der Waals surface area (Å²) in [6, 6.07) is 49.3. The Morgan fingerprint density at radius 2 is 1.00 bits per heavy atom. The van der Waals surface area contributed by atoms with Crippen molar-refractivity contribution in [1.29, 1.82) is 0 Å². The van der Waals surface area contributed by atoms with Crippen molar-refractivity contribution in [3.8, 4) is 16.9 Å². The van der Waals surface area contributed by atoms with Gasteiger partial charge >= 0.3 is 0 Å². The van der Waals surface area contributed by atoms with Crippen molar-refractivity contribution in [2.75, 3.05) is 27.3 Å². The summed E-state index contributed by atoms with van der Waals surface area (Å²) in [5.74, 6) is -0.790. The van der Waals surface area contributed by atoms with Crippen LogP contribution in [0.5, 0.6) is 5.75 Å². The molecule has 2 fully saturated rings. The smallest absolute Gasteiger partial charge is 0.251 e. The van der Waals surface area contributed by atoms with Gasteiger partial charge in [-0.05, 0) is 88.5 Å². The van der Waals surface area contributed by atoms with Crippen molar-refractivity contribution in [3.63, 3.8) is 0 Å². The van der Waals surface area contributed by atoms with E-state index in [-0.39, 0.29) is 68.5 Å².